The normalized spacial score (nSPS) is 10.8. The molecule has 0 unspecified atom stereocenters. The first-order valence-corrected chi connectivity index (χ1v) is 12.6. The summed E-state index contributed by atoms with van der Waals surface area (Å²) in [4.78, 5) is 33.0. The Labute approximate surface area is 200 Å². The van der Waals surface area contributed by atoms with Crippen LogP contribution in [0.15, 0.2) is 0 Å². The van der Waals surface area contributed by atoms with Crippen molar-refractivity contribution < 1.29 is 29.1 Å². The van der Waals surface area contributed by atoms with E-state index in [1.54, 1.807) is 0 Å². The minimum Gasteiger partial charge on any atom is -0.432 e. The van der Waals surface area contributed by atoms with Gasteiger partial charge in [-0.2, -0.15) is 0 Å². The molecule has 0 aliphatic heterocycles. The zero-order chi connectivity index (χ0) is 24.6. The number of benzene rings is 1. The van der Waals surface area contributed by atoms with Gasteiger partial charge >= 0.3 is 12.1 Å². The topological polar surface area (TPSA) is 71.1 Å². The fraction of sp³-hybridized carbons (Fsp3) is 0.704. The summed E-state index contributed by atoms with van der Waals surface area (Å²) in [6, 6.07) is 0. The van der Waals surface area contributed by atoms with Crippen molar-refractivity contribution >= 4 is 12.1 Å². The van der Waals surface area contributed by atoms with Gasteiger partial charge in [-0.3, -0.25) is 4.89 Å². The van der Waals surface area contributed by atoms with Crippen LogP contribution in [0, 0.1) is 34.6 Å². The Bertz CT molecular complexity index is 712. The van der Waals surface area contributed by atoms with E-state index in [1.165, 1.54) is 57.8 Å². The Hall–Kier alpha value is -2.08. The van der Waals surface area contributed by atoms with Gasteiger partial charge in [0.05, 0.1) is 17.2 Å². The van der Waals surface area contributed by atoms with Crippen LogP contribution in [0.3, 0.4) is 0 Å². The minimum absolute atomic E-state index is 0.252. The summed E-state index contributed by atoms with van der Waals surface area (Å²) in [7, 11) is 0. The van der Waals surface area contributed by atoms with Crippen LogP contribution in [-0.4, -0.2) is 18.7 Å². The third kappa shape index (κ3) is 10.6. The lowest BCUT2D eigenvalue weighted by Crippen LogP contribution is -2.15. The number of carbonyl (C=O) groups excluding carboxylic acids is 2. The van der Waals surface area contributed by atoms with Crippen LogP contribution in [0.2, 0.25) is 0 Å². The van der Waals surface area contributed by atoms with E-state index in [0.29, 0.717) is 5.56 Å². The molecule has 33 heavy (non-hydrogen) atoms. The standard InChI is InChI=1S/C27H44O6/c1-7-8-9-10-11-12-13-14-15-16-17-18-19-30-27(29)32-33-31-26(28)25-23(5)21(3)20(2)22(4)24(25)6/h7-19H2,1-6H3. The molecule has 0 saturated carbocycles. The molecular formula is C27H44O6. The average molecular weight is 465 g/mol. The van der Waals surface area contributed by atoms with E-state index in [4.69, 9.17) is 4.74 Å². The molecule has 0 fully saturated rings. The predicted molar refractivity (Wildman–Crippen MR) is 130 cm³/mol. The molecule has 0 saturated heterocycles. The third-order valence-electron chi connectivity index (χ3n) is 6.63. The molecule has 6 heteroatoms. The van der Waals surface area contributed by atoms with Crippen LogP contribution in [-0.2, 0) is 19.6 Å². The number of hydrogen-bond donors (Lipinski definition) is 0. The largest absolute Gasteiger partial charge is 0.543 e. The molecule has 1 rings (SSSR count). The summed E-state index contributed by atoms with van der Waals surface area (Å²) >= 11 is 0. The first kappa shape index (κ1) is 29.0. The van der Waals surface area contributed by atoms with Crippen molar-refractivity contribution in [3.8, 4) is 0 Å². The van der Waals surface area contributed by atoms with E-state index in [0.717, 1.165) is 47.1 Å². The molecule has 0 aromatic heterocycles. The number of unbranched alkanes of at least 4 members (excludes halogenated alkanes) is 11. The molecule has 188 valence electrons. The molecule has 0 aliphatic carbocycles. The maximum Gasteiger partial charge on any atom is 0.543 e. The van der Waals surface area contributed by atoms with Crippen molar-refractivity contribution in [2.24, 2.45) is 0 Å². The first-order chi connectivity index (χ1) is 15.8. The number of rotatable bonds is 16. The lowest BCUT2D eigenvalue weighted by atomic mass is 9.90. The van der Waals surface area contributed by atoms with Crippen molar-refractivity contribution in [2.45, 2.75) is 119 Å². The quantitative estimate of drug-likeness (QED) is 0.107. The Morgan fingerprint density at radius 1 is 0.576 bits per heavy atom. The summed E-state index contributed by atoms with van der Waals surface area (Å²) in [5, 5.41) is 4.37. The van der Waals surface area contributed by atoms with Crippen molar-refractivity contribution in [3.63, 3.8) is 0 Å². The van der Waals surface area contributed by atoms with E-state index >= 15 is 0 Å². The van der Waals surface area contributed by atoms with Crippen LogP contribution in [0.25, 0.3) is 0 Å². The molecule has 0 amide bonds. The van der Waals surface area contributed by atoms with Crippen molar-refractivity contribution in [1.82, 2.24) is 0 Å². The molecule has 0 spiro atoms. The van der Waals surface area contributed by atoms with E-state index in [2.05, 4.69) is 21.7 Å². The maximum absolute atomic E-state index is 12.4. The fourth-order valence-electron chi connectivity index (χ4n) is 4.05. The second kappa shape index (κ2) is 16.5. The third-order valence-corrected chi connectivity index (χ3v) is 6.63. The smallest absolute Gasteiger partial charge is 0.432 e. The SMILES string of the molecule is CCCCCCCCCCCCCCOC(=O)OOOC(=O)c1c(C)c(C)c(C)c(C)c1C. The molecule has 0 N–H and O–H groups in total. The molecule has 0 radical (unpaired) electrons. The highest BCUT2D eigenvalue weighted by molar-refractivity contribution is 5.93. The molecule has 0 aliphatic rings. The summed E-state index contributed by atoms with van der Waals surface area (Å²) < 4.78 is 4.95. The zero-order valence-electron chi connectivity index (χ0n) is 21.6. The zero-order valence-corrected chi connectivity index (χ0v) is 21.6. The Morgan fingerprint density at radius 2 is 1.00 bits per heavy atom. The summed E-state index contributed by atoms with van der Waals surface area (Å²) in [6.07, 6.45) is 13.8. The van der Waals surface area contributed by atoms with Crippen LogP contribution in [0.5, 0.6) is 0 Å². The van der Waals surface area contributed by atoms with E-state index < -0.39 is 12.1 Å². The van der Waals surface area contributed by atoms with Gasteiger partial charge in [0.25, 0.3) is 0 Å². The van der Waals surface area contributed by atoms with Crippen LogP contribution in [0.4, 0.5) is 4.79 Å². The Kier molecular flexibility index (Phi) is 14.5. The van der Waals surface area contributed by atoms with Gasteiger partial charge in [-0.15, -0.1) is 0 Å². The molecule has 1 aromatic rings. The molecular weight excluding hydrogens is 420 g/mol. The molecule has 1 aromatic carbocycles. The van der Waals surface area contributed by atoms with E-state index in [1.807, 2.05) is 34.6 Å². The minimum atomic E-state index is -1.02. The van der Waals surface area contributed by atoms with Gasteiger partial charge in [0.15, 0.2) is 0 Å². The lowest BCUT2D eigenvalue weighted by molar-refractivity contribution is -0.452. The number of hydrogen-bond acceptors (Lipinski definition) is 6. The maximum atomic E-state index is 12.4. The average Bonchev–Trinajstić information content (AvgIpc) is 2.79. The first-order valence-electron chi connectivity index (χ1n) is 12.6. The van der Waals surface area contributed by atoms with E-state index in [-0.39, 0.29) is 6.61 Å². The lowest BCUT2D eigenvalue weighted by Gasteiger charge is -2.16. The van der Waals surface area contributed by atoms with Crippen LogP contribution in [0.1, 0.15) is 122 Å². The van der Waals surface area contributed by atoms with Crippen molar-refractivity contribution in [3.05, 3.63) is 33.4 Å². The summed E-state index contributed by atoms with van der Waals surface area (Å²) in [5.41, 5.74) is 5.24. The Balaban J connectivity index is 2.11. The summed E-state index contributed by atoms with van der Waals surface area (Å²) in [6.45, 7) is 12.1. The predicted octanol–water partition coefficient (Wildman–Crippen LogP) is 8.09. The monoisotopic (exact) mass is 464 g/mol. The van der Waals surface area contributed by atoms with Gasteiger partial charge in [-0.1, -0.05) is 77.6 Å². The molecule has 0 atom stereocenters. The van der Waals surface area contributed by atoms with Gasteiger partial charge in [-0.05, 0) is 68.9 Å². The highest BCUT2D eigenvalue weighted by Gasteiger charge is 2.21. The van der Waals surface area contributed by atoms with Crippen molar-refractivity contribution in [1.29, 1.82) is 0 Å². The van der Waals surface area contributed by atoms with Crippen molar-refractivity contribution in [2.75, 3.05) is 6.61 Å². The van der Waals surface area contributed by atoms with E-state index in [9.17, 15) is 9.59 Å². The number of carbonyl (C=O) groups is 2. The van der Waals surface area contributed by atoms with Crippen LogP contribution < -0.4 is 0 Å². The van der Waals surface area contributed by atoms with Gasteiger partial charge in [0.1, 0.15) is 0 Å². The Morgan fingerprint density at radius 3 is 1.48 bits per heavy atom. The fourth-order valence-corrected chi connectivity index (χ4v) is 4.05. The van der Waals surface area contributed by atoms with Crippen LogP contribution >= 0.6 is 0 Å². The highest BCUT2D eigenvalue weighted by Crippen LogP contribution is 2.26. The summed E-state index contributed by atoms with van der Waals surface area (Å²) in [5.74, 6) is -0.704. The van der Waals surface area contributed by atoms with Gasteiger partial charge in [-0.25, -0.2) is 14.5 Å². The molecule has 0 bridgehead atoms. The van der Waals surface area contributed by atoms with Gasteiger partial charge < -0.3 is 4.74 Å². The highest BCUT2D eigenvalue weighted by atomic mass is 17.5. The molecule has 0 heterocycles. The van der Waals surface area contributed by atoms with Gasteiger partial charge in [0, 0.05) is 0 Å². The molecule has 6 nitrogen and oxygen atoms in total. The second-order valence-corrected chi connectivity index (χ2v) is 9.01. The van der Waals surface area contributed by atoms with Gasteiger partial charge in [0.2, 0.25) is 0 Å². The number of ether oxygens (including phenoxy) is 1. The second-order valence-electron chi connectivity index (χ2n) is 9.01.